The first-order chi connectivity index (χ1) is 14.7. The van der Waals surface area contributed by atoms with Crippen molar-refractivity contribution >= 4 is 11.9 Å². The van der Waals surface area contributed by atoms with Gasteiger partial charge in [-0.05, 0) is 43.0 Å². The third kappa shape index (κ3) is 5.88. The van der Waals surface area contributed by atoms with Gasteiger partial charge in [-0.2, -0.15) is 13.2 Å². The molecule has 31 heavy (non-hydrogen) atoms. The van der Waals surface area contributed by atoms with Crippen molar-refractivity contribution in [3.63, 3.8) is 0 Å². The molecule has 0 radical (unpaired) electrons. The van der Waals surface area contributed by atoms with Gasteiger partial charge in [0.15, 0.2) is 5.76 Å². The van der Waals surface area contributed by atoms with Crippen molar-refractivity contribution in [1.82, 2.24) is 10.2 Å². The fraction of sp³-hybridized carbons (Fsp3) is 0.500. The Morgan fingerprint density at radius 1 is 1.19 bits per heavy atom. The highest BCUT2D eigenvalue weighted by molar-refractivity contribution is 5.91. The lowest BCUT2D eigenvalue weighted by Gasteiger charge is -2.50. The Kier molecular flexibility index (Phi) is 7.06. The van der Waals surface area contributed by atoms with Crippen LogP contribution in [0.5, 0.6) is 0 Å². The average Bonchev–Trinajstić information content (AvgIpc) is 3.43. The normalized spacial score (nSPS) is 20.0. The number of ether oxygens (including phenoxy) is 1. The van der Waals surface area contributed by atoms with E-state index in [1.54, 1.807) is 18.4 Å². The zero-order valence-corrected chi connectivity index (χ0v) is 16.6. The van der Waals surface area contributed by atoms with Crippen molar-refractivity contribution in [1.29, 1.82) is 0 Å². The van der Waals surface area contributed by atoms with Crippen molar-refractivity contribution in [3.05, 3.63) is 48.3 Å². The van der Waals surface area contributed by atoms with E-state index in [0.717, 1.165) is 44.8 Å². The van der Waals surface area contributed by atoms with E-state index in [2.05, 4.69) is 10.2 Å². The van der Waals surface area contributed by atoms with Crippen molar-refractivity contribution < 1.29 is 41.4 Å². The van der Waals surface area contributed by atoms with Crippen LogP contribution in [0.15, 0.2) is 45.6 Å². The maximum atomic E-state index is 11.9. The predicted molar refractivity (Wildman–Crippen MR) is 100 cm³/mol. The van der Waals surface area contributed by atoms with Crippen molar-refractivity contribution in [3.8, 4) is 0 Å². The van der Waals surface area contributed by atoms with Gasteiger partial charge in [-0.1, -0.05) is 0 Å². The molecule has 0 aliphatic carbocycles. The number of alkyl halides is 3. The maximum Gasteiger partial charge on any atom is 0.490 e. The summed E-state index contributed by atoms with van der Waals surface area (Å²) in [5, 5.41) is 10.1. The lowest BCUT2D eigenvalue weighted by molar-refractivity contribution is -0.192. The molecule has 11 heteroatoms. The molecule has 1 amide bonds. The smallest absolute Gasteiger partial charge is 0.475 e. The Balaban J connectivity index is 0.000000339. The summed E-state index contributed by atoms with van der Waals surface area (Å²) < 4.78 is 48.3. The first-order valence-corrected chi connectivity index (χ1v) is 9.70. The standard InChI is InChI=1S/C18H22N2O4.C2HF3O2/c21-17(16-4-2-9-23-16)19-7-5-14-6-10-24-18(14)12-20(13-18)11-15-3-1-8-22-15;3-2(4,5)1(6)7/h1-4,8-9,14H,5-7,10-13H2,(H,19,21);(H,6,7). The Labute approximate surface area is 175 Å². The summed E-state index contributed by atoms with van der Waals surface area (Å²) in [6.07, 6.45) is 0.129. The molecular formula is C20H23F3N2O6. The third-order valence-electron chi connectivity index (χ3n) is 5.31. The molecule has 0 bridgehead atoms. The van der Waals surface area contributed by atoms with Crippen LogP contribution >= 0.6 is 0 Å². The first kappa shape index (κ1) is 22.9. The van der Waals surface area contributed by atoms with E-state index in [0.29, 0.717) is 18.2 Å². The van der Waals surface area contributed by atoms with E-state index < -0.39 is 12.1 Å². The molecule has 2 aliphatic rings. The highest BCUT2D eigenvalue weighted by atomic mass is 19.4. The molecule has 2 aromatic heterocycles. The molecule has 0 aromatic carbocycles. The Morgan fingerprint density at radius 3 is 2.45 bits per heavy atom. The topological polar surface area (TPSA) is 105 Å². The van der Waals surface area contributed by atoms with Gasteiger partial charge in [0.25, 0.3) is 5.91 Å². The highest BCUT2D eigenvalue weighted by Crippen LogP contribution is 2.42. The van der Waals surface area contributed by atoms with Crippen LogP contribution in [0.1, 0.15) is 29.2 Å². The average molecular weight is 444 g/mol. The number of carbonyl (C=O) groups is 2. The summed E-state index contributed by atoms with van der Waals surface area (Å²) in [7, 11) is 0. The fourth-order valence-corrected chi connectivity index (χ4v) is 3.84. The number of nitrogens with zero attached hydrogens (tertiary/aromatic N) is 1. The second-order valence-corrected chi connectivity index (χ2v) is 7.45. The lowest BCUT2D eigenvalue weighted by Crippen LogP contribution is -2.64. The quantitative estimate of drug-likeness (QED) is 0.706. The Morgan fingerprint density at radius 2 is 1.87 bits per heavy atom. The second kappa shape index (κ2) is 9.56. The van der Waals surface area contributed by atoms with E-state index in [-0.39, 0.29) is 11.5 Å². The van der Waals surface area contributed by atoms with E-state index in [1.807, 2.05) is 12.1 Å². The molecule has 0 saturated carbocycles. The molecule has 2 aromatic rings. The maximum absolute atomic E-state index is 11.9. The molecule has 8 nitrogen and oxygen atoms in total. The summed E-state index contributed by atoms with van der Waals surface area (Å²) in [6.45, 7) is 4.16. The van der Waals surface area contributed by atoms with Gasteiger partial charge in [-0.3, -0.25) is 9.69 Å². The molecule has 1 unspecified atom stereocenters. The number of hydrogen-bond donors (Lipinski definition) is 2. The highest BCUT2D eigenvalue weighted by Gasteiger charge is 2.52. The SMILES string of the molecule is O=C(NCCC1CCOC12CN(Cc1ccco1)C2)c1ccco1.O=C(O)C(F)(F)F. The van der Waals surface area contributed by atoms with Gasteiger partial charge in [0, 0.05) is 26.2 Å². The van der Waals surface area contributed by atoms with Crippen LogP contribution in [0, 0.1) is 5.92 Å². The summed E-state index contributed by atoms with van der Waals surface area (Å²) in [6, 6.07) is 7.31. The zero-order chi connectivity index (χ0) is 22.5. The van der Waals surface area contributed by atoms with Gasteiger partial charge < -0.3 is 24.0 Å². The van der Waals surface area contributed by atoms with Crippen LogP contribution in [0.4, 0.5) is 13.2 Å². The van der Waals surface area contributed by atoms with Crippen LogP contribution in [0.25, 0.3) is 0 Å². The van der Waals surface area contributed by atoms with E-state index in [4.69, 9.17) is 23.5 Å². The number of aliphatic carboxylic acids is 1. The minimum Gasteiger partial charge on any atom is -0.475 e. The number of nitrogens with one attached hydrogen (secondary N) is 1. The predicted octanol–water partition coefficient (Wildman–Crippen LogP) is 2.92. The van der Waals surface area contributed by atoms with Gasteiger partial charge in [-0.15, -0.1) is 0 Å². The van der Waals surface area contributed by atoms with Gasteiger partial charge in [0.2, 0.25) is 0 Å². The van der Waals surface area contributed by atoms with Crippen molar-refractivity contribution in [2.24, 2.45) is 5.92 Å². The third-order valence-corrected chi connectivity index (χ3v) is 5.31. The minimum atomic E-state index is -5.08. The zero-order valence-electron chi connectivity index (χ0n) is 16.6. The Hall–Kier alpha value is -2.79. The second-order valence-electron chi connectivity index (χ2n) is 7.45. The van der Waals surface area contributed by atoms with Gasteiger partial charge in [-0.25, -0.2) is 4.79 Å². The van der Waals surface area contributed by atoms with Crippen LogP contribution in [-0.4, -0.2) is 59.9 Å². The van der Waals surface area contributed by atoms with Gasteiger partial charge in [0.05, 0.1) is 24.7 Å². The first-order valence-electron chi connectivity index (χ1n) is 9.70. The molecular weight excluding hydrogens is 421 g/mol. The molecule has 2 fully saturated rings. The molecule has 1 atom stereocenters. The molecule has 2 N–H and O–H groups in total. The molecule has 2 saturated heterocycles. The van der Waals surface area contributed by atoms with E-state index in [1.165, 1.54) is 6.26 Å². The van der Waals surface area contributed by atoms with E-state index in [9.17, 15) is 18.0 Å². The molecule has 2 aliphatic heterocycles. The number of likely N-dealkylation sites (tertiary alicyclic amines) is 1. The number of amides is 1. The molecule has 4 rings (SSSR count). The number of hydrogen-bond acceptors (Lipinski definition) is 6. The molecule has 1 spiro atoms. The number of rotatable bonds is 6. The van der Waals surface area contributed by atoms with Crippen molar-refractivity contribution in [2.75, 3.05) is 26.2 Å². The van der Waals surface area contributed by atoms with Crippen molar-refractivity contribution in [2.45, 2.75) is 31.2 Å². The summed E-state index contributed by atoms with van der Waals surface area (Å²) in [5.74, 6) is -1.07. The molecule has 170 valence electrons. The monoisotopic (exact) mass is 444 g/mol. The minimum absolute atomic E-state index is 0.0397. The van der Waals surface area contributed by atoms with Crippen LogP contribution in [-0.2, 0) is 16.1 Å². The number of halogens is 3. The Bertz CT molecular complexity index is 845. The fourth-order valence-electron chi connectivity index (χ4n) is 3.84. The summed E-state index contributed by atoms with van der Waals surface area (Å²) >= 11 is 0. The number of carboxylic acid groups (broad SMARTS) is 1. The largest absolute Gasteiger partial charge is 0.490 e. The number of furan rings is 2. The summed E-state index contributed by atoms with van der Waals surface area (Å²) in [4.78, 5) is 23.1. The lowest BCUT2D eigenvalue weighted by atomic mass is 9.79. The van der Waals surface area contributed by atoms with Crippen LogP contribution in [0.2, 0.25) is 0 Å². The van der Waals surface area contributed by atoms with Gasteiger partial charge >= 0.3 is 12.1 Å². The number of carbonyl (C=O) groups excluding carboxylic acids is 1. The molecule has 4 heterocycles. The van der Waals surface area contributed by atoms with Crippen LogP contribution < -0.4 is 5.32 Å². The summed E-state index contributed by atoms with van der Waals surface area (Å²) in [5.41, 5.74) is -0.0397. The number of carboxylic acids is 1. The van der Waals surface area contributed by atoms with E-state index >= 15 is 0 Å². The van der Waals surface area contributed by atoms with Crippen LogP contribution in [0.3, 0.4) is 0 Å². The van der Waals surface area contributed by atoms with Gasteiger partial charge in [0.1, 0.15) is 5.76 Å².